The van der Waals surface area contributed by atoms with Gasteiger partial charge >= 0.3 is 0 Å². The smallest absolute Gasteiger partial charge is 0.119 e. The van der Waals surface area contributed by atoms with Crippen molar-refractivity contribution in [3.8, 4) is 147 Å². The van der Waals surface area contributed by atoms with Gasteiger partial charge in [-0.1, -0.05) is 121 Å². The number of ether oxygens (including phenoxy) is 7. The van der Waals surface area contributed by atoms with Crippen LogP contribution in [-0.4, -0.2) is 129 Å². The fourth-order valence-electron chi connectivity index (χ4n) is 11.5. The molecular weight excluding hydrogens is 1290 g/mol. The SMILES string of the molecule is c1ccc(-c2cc(-c3ccccn3)nc(-c3cccc(-c4cc(-c5ccc(OCCOCCOCCOCCOCCOCCOc6ccc(-c7cc(-c8ccccn8)nc(-c8cccc(-c9cc(-c%10ccccc%10)cc(-c%10ccccn%10)n9)n8)c7)cc6)cc5)cc(-c5ccccn5)n4)n3)c2)cc1. The molecule has 508 valence electrons. The molecule has 14 aromatic rings. The molecule has 0 saturated heterocycles. The predicted molar refractivity (Wildman–Crippen MR) is 401 cm³/mol. The first-order valence-electron chi connectivity index (χ1n) is 34.2. The molecule has 10 aromatic heterocycles. The van der Waals surface area contributed by atoms with Crippen LogP contribution in [0.3, 0.4) is 0 Å². The lowest BCUT2D eigenvalue weighted by atomic mass is 10.0. The molecule has 17 heteroatoms. The van der Waals surface area contributed by atoms with E-state index in [9.17, 15) is 0 Å². The van der Waals surface area contributed by atoms with Crippen LogP contribution in [0.15, 0.2) is 292 Å². The number of aromatic nitrogens is 10. The largest absolute Gasteiger partial charge is 0.491 e. The topological polar surface area (TPSA) is 194 Å². The van der Waals surface area contributed by atoms with Crippen molar-refractivity contribution in [3.63, 3.8) is 0 Å². The van der Waals surface area contributed by atoms with Crippen LogP contribution in [0.2, 0.25) is 0 Å². The van der Waals surface area contributed by atoms with E-state index in [0.29, 0.717) is 113 Å². The molecule has 0 N–H and O–H groups in total. The van der Waals surface area contributed by atoms with Crippen molar-refractivity contribution in [2.45, 2.75) is 0 Å². The molecule has 0 atom stereocenters. The Kier molecular flexibility index (Phi) is 22.9. The average molecular weight is 1360 g/mol. The molecule has 0 aliphatic rings. The highest BCUT2D eigenvalue weighted by Crippen LogP contribution is 2.36. The maximum absolute atomic E-state index is 6.06. The standard InChI is InChI=1S/C86H72N10O7/c1-3-17-61(18-4-1)65-53-79(71-21-7-11-37-87-71)93-83(57-65)75-25-15-27-77(91-75)85-59-67(55-81(95-85)73-23-9-13-39-89-73)63-29-33-69(34-30-63)102-51-49-100-47-45-98-43-41-97-42-44-99-46-48-101-50-52-103-70-35-31-64(32-36-70)68-56-82(74-24-10-14-40-90-74)96-86(60-68)78-28-16-26-76(92-78)84-58-66(62-19-5-2-6-20-62)54-80(94-84)72-22-8-12-38-88-72/h1-40,53-60H,41-52H2. The highest BCUT2D eigenvalue weighted by Gasteiger charge is 2.18. The van der Waals surface area contributed by atoms with Crippen molar-refractivity contribution in [1.82, 2.24) is 49.8 Å². The fraction of sp³-hybridized carbons (Fsp3) is 0.140. The Bertz CT molecular complexity index is 4590. The Labute approximate surface area is 598 Å². The van der Waals surface area contributed by atoms with E-state index < -0.39 is 0 Å². The lowest BCUT2D eigenvalue weighted by Gasteiger charge is -2.12. The molecule has 0 fully saturated rings. The monoisotopic (exact) mass is 1360 g/mol. The first kappa shape index (κ1) is 67.9. The molecule has 0 amide bonds. The van der Waals surface area contributed by atoms with E-state index in [-0.39, 0.29) is 0 Å². The van der Waals surface area contributed by atoms with Gasteiger partial charge in [0.1, 0.15) is 24.7 Å². The summed E-state index contributed by atoms with van der Waals surface area (Å²) in [6, 6.07) is 88.2. The molecule has 0 aliphatic carbocycles. The van der Waals surface area contributed by atoms with E-state index in [4.69, 9.17) is 63.1 Å². The molecule has 17 nitrogen and oxygen atoms in total. The maximum Gasteiger partial charge on any atom is 0.119 e. The number of rotatable bonds is 32. The van der Waals surface area contributed by atoms with E-state index in [1.54, 1.807) is 24.8 Å². The van der Waals surface area contributed by atoms with Gasteiger partial charge in [-0.25, -0.2) is 29.9 Å². The van der Waals surface area contributed by atoms with Crippen molar-refractivity contribution in [2.75, 3.05) is 79.3 Å². The second-order valence-corrected chi connectivity index (χ2v) is 23.7. The van der Waals surface area contributed by atoms with Crippen LogP contribution in [0.4, 0.5) is 0 Å². The van der Waals surface area contributed by atoms with Crippen LogP contribution in [0, 0.1) is 0 Å². The lowest BCUT2D eigenvalue weighted by molar-refractivity contribution is -0.0141. The van der Waals surface area contributed by atoms with Crippen LogP contribution in [0.25, 0.3) is 136 Å². The molecule has 4 aromatic carbocycles. The minimum Gasteiger partial charge on any atom is -0.491 e. The van der Waals surface area contributed by atoms with Gasteiger partial charge in [-0.15, -0.1) is 0 Å². The average Bonchev–Trinajstić information content (AvgIpc) is 0.798. The minimum absolute atomic E-state index is 0.387. The number of nitrogens with zero attached hydrogens (tertiary/aromatic N) is 10. The molecule has 14 rings (SSSR count). The van der Waals surface area contributed by atoms with Gasteiger partial charge in [0, 0.05) is 24.8 Å². The van der Waals surface area contributed by atoms with Crippen molar-refractivity contribution >= 4 is 0 Å². The quantitative estimate of drug-likeness (QED) is 0.0361. The molecular formula is C86H72N10O7. The van der Waals surface area contributed by atoms with Gasteiger partial charge in [-0.3, -0.25) is 19.9 Å². The van der Waals surface area contributed by atoms with E-state index in [0.717, 1.165) is 113 Å². The highest BCUT2D eigenvalue weighted by molar-refractivity contribution is 5.80. The van der Waals surface area contributed by atoms with Gasteiger partial charge in [0.2, 0.25) is 0 Å². The second kappa shape index (κ2) is 34.7. The number of hydrogen-bond donors (Lipinski definition) is 0. The molecule has 103 heavy (non-hydrogen) atoms. The van der Waals surface area contributed by atoms with E-state index >= 15 is 0 Å². The Hall–Kier alpha value is -12.2. The van der Waals surface area contributed by atoms with Crippen molar-refractivity contribution in [2.24, 2.45) is 0 Å². The molecule has 0 bridgehead atoms. The summed E-state index contributed by atoms with van der Waals surface area (Å²) >= 11 is 0. The van der Waals surface area contributed by atoms with E-state index in [1.807, 2.05) is 194 Å². The second-order valence-electron chi connectivity index (χ2n) is 23.7. The maximum atomic E-state index is 6.06. The van der Waals surface area contributed by atoms with Gasteiger partial charge in [0.05, 0.1) is 157 Å². The zero-order chi connectivity index (χ0) is 69.5. The summed E-state index contributed by atoms with van der Waals surface area (Å²) < 4.78 is 40.9. The summed E-state index contributed by atoms with van der Waals surface area (Å²) in [5.74, 6) is 1.46. The zero-order valence-electron chi connectivity index (χ0n) is 56.5. The molecule has 0 aliphatic heterocycles. The summed E-state index contributed by atoms with van der Waals surface area (Å²) in [6.45, 7) is 5.15. The van der Waals surface area contributed by atoms with Crippen molar-refractivity contribution < 1.29 is 33.2 Å². The first-order valence-corrected chi connectivity index (χ1v) is 34.2. The van der Waals surface area contributed by atoms with Gasteiger partial charge in [-0.05, 0) is 190 Å². The Balaban J connectivity index is 0.485. The normalized spacial score (nSPS) is 11.2. The fourth-order valence-corrected chi connectivity index (χ4v) is 11.5. The van der Waals surface area contributed by atoms with Gasteiger partial charge in [-0.2, -0.15) is 0 Å². The Morgan fingerprint density at radius 1 is 0.165 bits per heavy atom. The van der Waals surface area contributed by atoms with Crippen LogP contribution in [0.1, 0.15) is 0 Å². The highest BCUT2D eigenvalue weighted by atomic mass is 16.6. The summed E-state index contributed by atoms with van der Waals surface area (Å²) in [5, 5.41) is 0. The molecule has 0 unspecified atom stereocenters. The van der Waals surface area contributed by atoms with Gasteiger partial charge in [0.25, 0.3) is 0 Å². The Morgan fingerprint density at radius 2 is 0.379 bits per heavy atom. The predicted octanol–water partition coefficient (Wildman–Crippen LogP) is 17.2. The van der Waals surface area contributed by atoms with Gasteiger partial charge in [0.15, 0.2) is 0 Å². The third kappa shape index (κ3) is 18.4. The van der Waals surface area contributed by atoms with Gasteiger partial charge < -0.3 is 33.2 Å². The number of pyridine rings is 10. The lowest BCUT2D eigenvalue weighted by Crippen LogP contribution is -2.15. The van der Waals surface area contributed by atoms with Crippen molar-refractivity contribution in [3.05, 3.63) is 292 Å². The summed E-state index contributed by atoms with van der Waals surface area (Å²) in [5.41, 5.74) is 19.8. The number of hydrogen-bond acceptors (Lipinski definition) is 17. The minimum atomic E-state index is 0.387. The zero-order valence-corrected chi connectivity index (χ0v) is 56.5. The third-order valence-electron chi connectivity index (χ3n) is 16.6. The summed E-state index contributed by atoms with van der Waals surface area (Å²) in [4.78, 5) is 49.2. The van der Waals surface area contributed by atoms with E-state index in [1.165, 1.54) is 0 Å². The van der Waals surface area contributed by atoms with Crippen molar-refractivity contribution in [1.29, 1.82) is 0 Å². The third-order valence-corrected chi connectivity index (χ3v) is 16.6. The van der Waals surface area contributed by atoms with Crippen LogP contribution in [-0.2, 0) is 23.7 Å². The van der Waals surface area contributed by atoms with E-state index in [2.05, 4.69) is 92.7 Å². The molecule has 0 radical (unpaired) electrons. The molecule has 0 saturated carbocycles. The molecule has 0 spiro atoms. The van der Waals surface area contributed by atoms with Crippen LogP contribution < -0.4 is 9.47 Å². The first-order chi connectivity index (χ1) is 51.0. The molecule has 10 heterocycles. The summed E-state index contributed by atoms with van der Waals surface area (Å²) in [7, 11) is 0. The number of benzene rings is 4. The van der Waals surface area contributed by atoms with Crippen LogP contribution in [0.5, 0.6) is 11.5 Å². The summed E-state index contributed by atoms with van der Waals surface area (Å²) in [6.07, 6.45) is 7.11. The Morgan fingerprint density at radius 3 is 0.631 bits per heavy atom. The van der Waals surface area contributed by atoms with Crippen LogP contribution >= 0.6 is 0 Å².